The third-order valence-electron chi connectivity index (χ3n) is 9.83. The highest BCUT2D eigenvalue weighted by molar-refractivity contribution is 7.91. The smallest absolute Gasteiger partial charge is 0.240 e. The van der Waals surface area contributed by atoms with Crippen LogP contribution in [-0.4, -0.2) is 92.5 Å². The number of benzene rings is 4. The van der Waals surface area contributed by atoms with Crippen molar-refractivity contribution in [3.05, 3.63) is 126 Å². The molecule has 0 saturated carbocycles. The van der Waals surface area contributed by atoms with Crippen molar-refractivity contribution in [2.24, 2.45) is 0 Å². The van der Waals surface area contributed by atoms with E-state index in [1.54, 1.807) is 36.4 Å². The SMILES string of the molecule is CN1Cc2c(Cl)cc(Cl)cc2C(c2ccc(S(=O)(=O)CCCOCCOCCNS(=O)(=O)c3ccc(C4CN(C)Cc5c(Cl)cc(Cl)cc54)cc3)cc2)C1. The van der Waals surface area contributed by atoms with Crippen molar-refractivity contribution in [3.63, 3.8) is 0 Å². The van der Waals surface area contributed by atoms with E-state index >= 15 is 0 Å². The molecule has 4 aromatic carbocycles. The number of nitrogens with zero attached hydrogens (tertiary/aromatic N) is 2. The van der Waals surface area contributed by atoms with Crippen LogP contribution in [0.5, 0.6) is 0 Å². The predicted octanol–water partition coefficient (Wildman–Crippen LogP) is 7.63. The number of rotatable bonds is 15. The summed E-state index contributed by atoms with van der Waals surface area (Å²) >= 11 is 25.6. The van der Waals surface area contributed by atoms with E-state index in [4.69, 9.17) is 55.9 Å². The Labute approximate surface area is 338 Å². The number of sulfonamides is 1. The summed E-state index contributed by atoms with van der Waals surface area (Å²) < 4.78 is 65.6. The zero-order valence-electron chi connectivity index (χ0n) is 30.0. The van der Waals surface area contributed by atoms with Gasteiger partial charge in [0.15, 0.2) is 9.84 Å². The molecule has 0 radical (unpaired) electrons. The second-order valence-corrected chi connectivity index (χ2v) is 19.4. The van der Waals surface area contributed by atoms with Crippen LogP contribution in [0, 0.1) is 0 Å². The van der Waals surface area contributed by atoms with E-state index in [2.05, 4.69) is 14.5 Å². The molecule has 2 atom stereocenters. The van der Waals surface area contributed by atoms with Crippen molar-refractivity contribution in [1.29, 1.82) is 0 Å². The van der Waals surface area contributed by atoms with E-state index in [0.717, 1.165) is 59.6 Å². The van der Waals surface area contributed by atoms with Crippen molar-refractivity contribution >= 4 is 66.3 Å². The maximum absolute atomic E-state index is 13.0. The van der Waals surface area contributed by atoms with Gasteiger partial charge in [-0.15, -0.1) is 0 Å². The van der Waals surface area contributed by atoms with Gasteiger partial charge in [-0.05, 0) is 102 Å². The molecule has 9 nitrogen and oxygen atoms in total. The Morgan fingerprint density at radius 2 is 1.11 bits per heavy atom. The van der Waals surface area contributed by atoms with Crippen molar-refractivity contribution < 1.29 is 26.3 Å². The Morgan fingerprint density at radius 1 is 0.648 bits per heavy atom. The Hall–Kier alpha value is -2.26. The zero-order chi connectivity index (χ0) is 38.6. The minimum absolute atomic E-state index is 0.00711. The van der Waals surface area contributed by atoms with Crippen LogP contribution in [-0.2, 0) is 42.4 Å². The Bertz CT molecular complexity index is 2020. The molecule has 2 unspecified atom stereocenters. The highest BCUT2D eigenvalue weighted by Crippen LogP contribution is 2.40. The molecule has 1 N–H and O–H groups in total. The summed E-state index contributed by atoms with van der Waals surface area (Å²) in [5.74, 6) is -0.0210. The topological polar surface area (TPSA) is 105 Å². The van der Waals surface area contributed by atoms with E-state index in [-0.39, 0.29) is 60.4 Å². The second kappa shape index (κ2) is 17.9. The molecule has 2 heterocycles. The molecular weight excluding hydrogens is 812 g/mol. The van der Waals surface area contributed by atoms with E-state index in [0.29, 0.717) is 26.5 Å². The van der Waals surface area contributed by atoms with Gasteiger partial charge in [-0.3, -0.25) is 0 Å². The molecule has 290 valence electrons. The fourth-order valence-electron chi connectivity index (χ4n) is 7.17. The Kier molecular flexibility index (Phi) is 13.7. The largest absolute Gasteiger partial charge is 0.379 e. The average Bonchev–Trinajstić information content (AvgIpc) is 3.12. The highest BCUT2D eigenvalue weighted by Gasteiger charge is 2.29. The van der Waals surface area contributed by atoms with Gasteiger partial charge in [0, 0.05) is 71.3 Å². The second-order valence-electron chi connectivity index (χ2n) is 13.8. The maximum Gasteiger partial charge on any atom is 0.240 e. The Morgan fingerprint density at radius 3 is 1.61 bits per heavy atom. The fourth-order valence-corrected chi connectivity index (χ4v) is 10.6. The van der Waals surface area contributed by atoms with Crippen molar-refractivity contribution in [2.45, 2.75) is 41.1 Å². The fraction of sp³-hybridized carbons (Fsp3) is 0.385. The third kappa shape index (κ3) is 9.99. The number of sulfone groups is 1. The van der Waals surface area contributed by atoms with Crippen LogP contribution >= 0.6 is 46.4 Å². The van der Waals surface area contributed by atoms with Crippen LogP contribution in [0.4, 0.5) is 0 Å². The Balaban J connectivity index is 0.893. The van der Waals surface area contributed by atoms with Crippen molar-refractivity contribution in [3.8, 4) is 0 Å². The predicted molar refractivity (Wildman–Crippen MR) is 216 cm³/mol. The minimum atomic E-state index is -3.74. The van der Waals surface area contributed by atoms with Crippen LogP contribution in [0.1, 0.15) is 51.6 Å². The quantitative estimate of drug-likeness (QED) is 0.122. The van der Waals surface area contributed by atoms with Gasteiger partial charge in [0.05, 0.1) is 35.4 Å². The summed E-state index contributed by atoms with van der Waals surface area (Å²) in [4.78, 5) is 4.79. The lowest BCUT2D eigenvalue weighted by Gasteiger charge is -2.33. The normalized spacial score (nSPS) is 18.0. The van der Waals surface area contributed by atoms with Gasteiger partial charge < -0.3 is 19.3 Å². The first-order valence-electron chi connectivity index (χ1n) is 17.6. The van der Waals surface area contributed by atoms with Crippen LogP contribution < -0.4 is 4.72 Å². The van der Waals surface area contributed by atoms with Crippen LogP contribution in [0.15, 0.2) is 82.6 Å². The average molecular weight is 856 g/mol. The van der Waals surface area contributed by atoms with Crippen LogP contribution in [0.25, 0.3) is 0 Å². The summed E-state index contributed by atoms with van der Waals surface area (Å²) in [6.45, 7) is 3.95. The molecule has 0 fully saturated rings. The van der Waals surface area contributed by atoms with Crippen LogP contribution in [0.2, 0.25) is 20.1 Å². The van der Waals surface area contributed by atoms with Crippen LogP contribution in [0.3, 0.4) is 0 Å². The first-order valence-corrected chi connectivity index (χ1v) is 22.3. The molecule has 0 aromatic heterocycles. The molecule has 54 heavy (non-hydrogen) atoms. The van der Waals surface area contributed by atoms with Gasteiger partial charge >= 0.3 is 0 Å². The summed E-state index contributed by atoms with van der Waals surface area (Å²) in [5, 5.41) is 2.42. The van der Waals surface area contributed by atoms with Gasteiger partial charge in [0.25, 0.3) is 0 Å². The molecule has 0 bridgehead atoms. The molecule has 6 rings (SSSR count). The molecule has 0 saturated heterocycles. The lowest BCUT2D eigenvalue weighted by Crippen LogP contribution is -2.31. The number of ether oxygens (including phenoxy) is 2. The number of halogens is 4. The van der Waals surface area contributed by atoms with E-state index in [9.17, 15) is 16.8 Å². The summed E-state index contributed by atoms with van der Waals surface area (Å²) in [6, 6.07) is 21.3. The van der Waals surface area contributed by atoms with Gasteiger partial charge in [-0.25, -0.2) is 21.6 Å². The summed E-state index contributed by atoms with van der Waals surface area (Å²) in [5.41, 5.74) is 6.17. The molecule has 15 heteroatoms. The van der Waals surface area contributed by atoms with Gasteiger partial charge in [0.1, 0.15) is 0 Å². The lowest BCUT2D eigenvalue weighted by atomic mass is 9.85. The summed E-state index contributed by atoms with van der Waals surface area (Å²) in [6.07, 6.45) is 0.325. The van der Waals surface area contributed by atoms with Crippen molar-refractivity contribution in [2.75, 3.05) is 65.9 Å². The molecule has 0 amide bonds. The standard InChI is InChI=1S/C39H43Cl4N3O6S2/c1-45-22-34(32-18-28(40)20-38(42)36(32)24-45)26-4-8-30(9-5-26)53(47,48)17-3-13-51-15-16-52-14-12-44-54(49,50)31-10-6-27(7-11-31)35-23-46(2)25-37-33(35)19-29(41)21-39(37)43/h4-11,18-21,34-35,44H,3,12-17,22-25H2,1-2H3. The molecule has 0 aliphatic carbocycles. The number of fused-ring (bicyclic) bond motifs is 2. The molecular formula is C39H43Cl4N3O6S2. The van der Waals surface area contributed by atoms with E-state index in [1.807, 2.05) is 50.5 Å². The van der Waals surface area contributed by atoms with Gasteiger partial charge in [0.2, 0.25) is 10.0 Å². The molecule has 4 aromatic rings. The monoisotopic (exact) mass is 853 g/mol. The highest BCUT2D eigenvalue weighted by atomic mass is 35.5. The first kappa shape index (κ1) is 41.4. The third-order valence-corrected chi connectivity index (χ3v) is 14.2. The van der Waals surface area contributed by atoms with E-state index < -0.39 is 19.9 Å². The molecule has 2 aliphatic heterocycles. The molecule has 2 aliphatic rings. The van der Waals surface area contributed by atoms with Gasteiger partial charge in [-0.2, -0.15) is 0 Å². The number of likely N-dealkylation sites (N-methyl/N-ethyl adjacent to an activating group) is 2. The minimum Gasteiger partial charge on any atom is -0.379 e. The van der Waals surface area contributed by atoms with E-state index in [1.165, 1.54) is 0 Å². The number of hydrogen-bond donors (Lipinski definition) is 1. The number of hydrogen-bond acceptors (Lipinski definition) is 8. The first-order chi connectivity index (χ1) is 25.7. The van der Waals surface area contributed by atoms with Gasteiger partial charge in [-0.1, -0.05) is 70.7 Å². The zero-order valence-corrected chi connectivity index (χ0v) is 34.7. The maximum atomic E-state index is 13.0. The molecule has 0 spiro atoms. The lowest BCUT2D eigenvalue weighted by molar-refractivity contribution is 0.0504. The summed E-state index contributed by atoms with van der Waals surface area (Å²) in [7, 11) is -3.18. The number of nitrogens with one attached hydrogen (secondary N) is 1. The van der Waals surface area contributed by atoms with Crippen molar-refractivity contribution in [1.82, 2.24) is 14.5 Å².